The number of carbonyl (C=O) groups excluding carboxylic acids is 2. The highest BCUT2D eigenvalue weighted by molar-refractivity contribution is 6.33. The van der Waals surface area contributed by atoms with Crippen LogP contribution in [0.3, 0.4) is 0 Å². The molecule has 6 heteroatoms. The summed E-state index contributed by atoms with van der Waals surface area (Å²) in [5.41, 5.74) is 0.977. The van der Waals surface area contributed by atoms with Gasteiger partial charge in [-0.05, 0) is 18.2 Å². The van der Waals surface area contributed by atoms with Crippen LogP contribution in [-0.2, 0) is 16.0 Å². The molecule has 0 bridgehead atoms. The first-order valence-electron chi connectivity index (χ1n) is 7.16. The van der Waals surface area contributed by atoms with E-state index in [-0.39, 0.29) is 6.42 Å². The van der Waals surface area contributed by atoms with Crippen LogP contribution >= 0.6 is 11.6 Å². The van der Waals surface area contributed by atoms with Gasteiger partial charge >= 0.3 is 0 Å². The van der Waals surface area contributed by atoms with E-state index in [0.29, 0.717) is 22.0 Å². The number of para-hydroxylation sites is 2. The van der Waals surface area contributed by atoms with Gasteiger partial charge in [0.2, 0.25) is 5.91 Å². The Morgan fingerprint density at radius 3 is 2.54 bits per heavy atom. The van der Waals surface area contributed by atoms with Crippen LogP contribution in [0.25, 0.3) is 0 Å². The third-order valence-corrected chi connectivity index (χ3v) is 3.73. The van der Waals surface area contributed by atoms with E-state index in [2.05, 4.69) is 5.32 Å². The van der Waals surface area contributed by atoms with Gasteiger partial charge in [-0.25, -0.2) is 0 Å². The van der Waals surface area contributed by atoms with Crippen molar-refractivity contribution in [2.75, 3.05) is 12.4 Å². The first-order valence-corrected chi connectivity index (χ1v) is 7.54. The second-order valence-corrected chi connectivity index (χ2v) is 5.39. The number of amides is 1. The van der Waals surface area contributed by atoms with Crippen LogP contribution in [0, 0.1) is 17.2 Å². The number of hydrogen-bond donors (Lipinski definition) is 1. The summed E-state index contributed by atoms with van der Waals surface area (Å²) in [6, 6.07) is 15.3. The van der Waals surface area contributed by atoms with Gasteiger partial charge in [0.1, 0.15) is 5.75 Å². The summed E-state index contributed by atoms with van der Waals surface area (Å²) >= 11 is 5.97. The molecule has 1 atom stereocenters. The Bertz CT molecular complexity index is 799. The summed E-state index contributed by atoms with van der Waals surface area (Å²) < 4.78 is 5.18. The van der Waals surface area contributed by atoms with Gasteiger partial charge < -0.3 is 10.1 Å². The van der Waals surface area contributed by atoms with Crippen molar-refractivity contribution in [3.63, 3.8) is 0 Å². The van der Waals surface area contributed by atoms with Crippen LogP contribution < -0.4 is 10.1 Å². The minimum Gasteiger partial charge on any atom is -0.496 e. The number of rotatable bonds is 6. The molecule has 24 heavy (non-hydrogen) atoms. The van der Waals surface area contributed by atoms with Crippen LogP contribution in [0.2, 0.25) is 5.02 Å². The molecule has 0 spiro atoms. The third kappa shape index (κ3) is 4.12. The number of Topliss-reactive ketones (excluding diaryl/α,β-unsaturated/α-hetero) is 1. The SMILES string of the molecule is COc1ccccc1CC(=O)[C@@H](C#N)C(=O)Nc1ccccc1Cl. The van der Waals surface area contributed by atoms with Gasteiger partial charge in [-0.3, -0.25) is 9.59 Å². The standard InChI is InChI=1S/C18H15ClN2O3/c1-24-17-9-5-2-6-12(17)10-16(22)13(11-20)18(23)21-15-8-4-3-7-14(15)19/h2-9,13H,10H2,1H3,(H,21,23)/t13-/m1/s1. The van der Waals surface area contributed by atoms with Crippen molar-refractivity contribution in [3.05, 3.63) is 59.1 Å². The molecule has 1 N–H and O–H groups in total. The highest BCUT2D eigenvalue weighted by atomic mass is 35.5. The molecule has 1 amide bonds. The average Bonchev–Trinajstić information content (AvgIpc) is 2.58. The molecule has 0 saturated carbocycles. The first-order chi connectivity index (χ1) is 11.6. The van der Waals surface area contributed by atoms with Crippen LogP contribution in [0.1, 0.15) is 5.56 Å². The zero-order valence-corrected chi connectivity index (χ0v) is 13.7. The molecule has 5 nitrogen and oxygen atoms in total. The molecule has 122 valence electrons. The lowest BCUT2D eigenvalue weighted by atomic mass is 9.97. The maximum absolute atomic E-state index is 12.4. The van der Waals surface area contributed by atoms with Gasteiger partial charge in [-0.1, -0.05) is 41.9 Å². The molecular formula is C18H15ClN2O3. The summed E-state index contributed by atoms with van der Waals surface area (Å²) in [5.74, 6) is -2.10. The number of hydrogen-bond acceptors (Lipinski definition) is 4. The quantitative estimate of drug-likeness (QED) is 0.817. The molecule has 0 heterocycles. The summed E-state index contributed by atoms with van der Waals surface area (Å²) in [5, 5.41) is 12.1. The third-order valence-electron chi connectivity index (χ3n) is 3.40. The van der Waals surface area contributed by atoms with Crippen molar-refractivity contribution < 1.29 is 14.3 Å². The Morgan fingerprint density at radius 2 is 1.88 bits per heavy atom. The summed E-state index contributed by atoms with van der Waals surface area (Å²) in [7, 11) is 1.50. The van der Waals surface area contributed by atoms with E-state index in [0.717, 1.165) is 0 Å². The number of benzene rings is 2. The second kappa shape index (κ2) is 8.14. The number of nitrogens with zero attached hydrogens (tertiary/aromatic N) is 1. The highest BCUT2D eigenvalue weighted by Crippen LogP contribution is 2.22. The maximum Gasteiger partial charge on any atom is 0.249 e. The van der Waals surface area contributed by atoms with E-state index in [1.165, 1.54) is 7.11 Å². The van der Waals surface area contributed by atoms with Gasteiger partial charge in [-0.2, -0.15) is 5.26 Å². The molecule has 2 aromatic rings. The number of halogens is 1. The van der Waals surface area contributed by atoms with Crippen LogP contribution in [0.5, 0.6) is 5.75 Å². The minimum atomic E-state index is -1.42. The Morgan fingerprint density at radius 1 is 1.21 bits per heavy atom. The van der Waals surface area contributed by atoms with Crippen molar-refractivity contribution in [3.8, 4) is 11.8 Å². The minimum absolute atomic E-state index is 0.0712. The van der Waals surface area contributed by atoms with E-state index >= 15 is 0 Å². The van der Waals surface area contributed by atoms with Crippen LogP contribution in [0.15, 0.2) is 48.5 Å². The van der Waals surface area contributed by atoms with Gasteiger partial charge in [0.05, 0.1) is 23.9 Å². The fourth-order valence-electron chi connectivity index (χ4n) is 2.18. The van der Waals surface area contributed by atoms with E-state index in [1.807, 2.05) is 0 Å². The molecule has 0 aromatic heterocycles. The Hall–Kier alpha value is -2.84. The molecule has 0 aliphatic rings. The van der Waals surface area contributed by atoms with Gasteiger partial charge in [0.25, 0.3) is 0 Å². The number of ketones is 1. The fraction of sp³-hybridized carbons (Fsp3) is 0.167. The average molecular weight is 343 g/mol. The smallest absolute Gasteiger partial charge is 0.249 e. The zero-order chi connectivity index (χ0) is 17.5. The Balaban J connectivity index is 2.13. The molecule has 2 rings (SSSR count). The molecule has 0 unspecified atom stereocenters. The van der Waals surface area contributed by atoms with E-state index in [4.69, 9.17) is 16.3 Å². The van der Waals surface area contributed by atoms with Gasteiger partial charge in [0, 0.05) is 12.0 Å². The Labute approximate surface area is 144 Å². The van der Waals surface area contributed by atoms with E-state index in [9.17, 15) is 14.9 Å². The summed E-state index contributed by atoms with van der Waals surface area (Å²) in [6.45, 7) is 0. The van der Waals surface area contributed by atoms with Crippen molar-refractivity contribution >= 4 is 29.0 Å². The van der Waals surface area contributed by atoms with Crippen LogP contribution in [0.4, 0.5) is 5.69 Å². The largest absolute Gasteiger partial charge is 0.496 e. The molecule has 2 aromatic carbocycles. The predicted molar refractivity (Wildman–Crippen MR) is 90.9 cm³/mol. The summed E-state index contributed by atoms with van der Waals surface area (Å²) in [4.78, 5) is 24.6. The normalized spacial score (nSPS) is 11.2. The Kier molecular flexibility index (Phi) is 5.94. The monoisotopic (exact) mass is 342 g/mol. The van der Waals surface area contributed by atoms with E-state index < -0.39 is 17.6 Å². The van der Waals surface area contributed by atoms with Gasteiger partial charge in [0.15, 0.2) is 11.7 Å². The van der Waals surface area contributed by atoms with Crippen LogP contribution in [-0.4, -0.2) is 18.8 Å². The van der Waals surface area contributed by atoms with Crippen molar-refractivity contribution in [1.29, 1.82) is 5.26 Å². The highest BCUT2D eigenvalue weighted by Gasteiger charge is 2.27. The lowest BCUT2D eigenvalue weighted by Gasteiger charge is -2.12. The van der Waals surface area contributed by atoms with Crippen molar-refractivity contribution in [1.82, 2.24) is 0 Å². The molecule has 0 fully saturated rings. The first kappa shape index (κ1) is 17.5. The number of carbonyl (C=O) groups is 2. The van der Waals surface area contributed by atoms with Crippen molar-refractivity contribution in [2.24, 2.45) is 5.92 Å². The number of methoxy groups -OCH3 is 1. The van der Waals surface area contributed by atoms with Crippen molar-refractivity contribution in [2.45, 2.75) is 6.42 Å². The number of anilines is 1. The lowest BCUT2D eigenvalue weighted by Crippen LogP contribution is -2.29. The second-order valence-electron chi connectivity index (χ2n) is 4.99. The molecule has 0 aliphatic heterocycles. The zero-order valence-electron chi connectivity index (χ0n) is 13.0. The fourth-order valence-corrected chi connectivity index (χ4v) is 2.37. The summed E-state index contributed by atoms with van der Waals surface area (Å²) in [6.07, 6.45) is -0.0712. The number of ether oxygens (including phenoxy) is 1. The lowest BCUT2D eigenvalue weighted by molar-refractivity contribution is -0.128. The molecule has 0 saturated heterocycles. The number of nitrogens with one attached hydrogen (secondary N) is 1. The van der Waals surface area contributed by atoms with Gasteiger partial charge in [-0.15, -0.1) is 0 Å². The van der Waals surface area contributed by atoms with E-state index in [1.54, 1.807) is 54.6 Å². The topological polar surface area (TPSA) is 79.2 Å². The molecular weight excluding hydrogens is 328 g/mol. The molecule has 0 aliphatic carbocycles. The number of nitriles is 1. The maximum atomic E-state index is 12.4. The predicted octanol–water partition coefficient (Wildman–Crippen LogP) is 3.24. The molecule has 0 radical (unpaired) electrons.